The smallest absolute Gasteiger partial charge is 0.134 e. The Morgan fingerprint density at radius 2 is 1.51 bits per heavy atom. The third-order valence-electron chi connectivity index (χ3n) is 7.61. The van der Waals surface area contributed by atoms with Gasteiger partial charge in [0.15, 0.2) is 0 Å². The molecule has 0 spiro atoms. The Balaban J connectivity index is 0.000000193. The number of benzene rings is 4. The van der Waals surface area contributed by atoms with Gasteiger partial charge in [-0.25, -0.2) is 4.39 Å². The molecule has 45 heavy (non-hydrogen) atoms. The van der Waals surface area contributed by atoms with E-state index in [1.165, 1.54) is 17.2 Å². The minimum atomic E-state index is -0.299. The molecule has 0 saturated heterocycles. The maximum Gasteiger partial charge on any atom is 0.134 e. The van der Waals surface area contributed by atoms with Crippen LogP contribution < -0.4 is 0 Å². The van der Waals surface area contributed by atoms with Gasteiger partial charge in [-0.3, -0.25) is 0 Å². The molecule has 0 aliphatic rings. The van der Waals surface area contributed by atoms with Gasteiger partial charge in [0.05, 0.1) is 11.1 Å². The van der Waals surface area contributed by atoms with Gasteiger partial charge in [0.25, 0.3) is 0 Å². The molecular formula is C40H33FIrN2O-2. The number of hydrogen-bond donors (Lipinski definition) is 0. The van der Waals surface area contributed by atoms with E-state index >= 15 is 0 Å². The third-order valence-corrected chi connectivity index (χ3v) is 7.61. The van der Waals surface area contributed by atoms with Crippen molar-refractivity contribution in [3.63, 3.8) is 0 Å². The topological polar surface area (TPSA) is 38.9 Å². The molecule has 0 bridgehead atoms. The monoisotopic (exact) mass is 769 g/mol. The van der Waals surface area contributed by atoms with Crippen molar-refractivity contribution < 1.29 is 28.9 Å². The van der Waals surface area contributed by atoms with Gasteiger partial charge in [-0.15, -0.1) is 54.1 Å². The molecule has 7 aromatic rings. The van der Waals surface area contributed by atoms with Gasteiger partial charge in [-0.2, -0.15) is 0 Å². The van der Waals surface area contributed by atoms with Crippen LogP contribution in [-0.4, -0.2) is 9.97 Å². The number of halogens is 1. The number of aromatic nitrogens is 2. The summed E-state index contributed by atoms with van der Waals surface area (Å²) >= 11 is 0. The first-order valence-corrected chi connectivity index (χ1v) is 14.9. The van der Waals surface area contributed by atoms with Crippen molar-refractivity contribution in [1.82, 2.24) is 9.97 Å². The molecule has 3 nitrogen and oxygen atoms in total. The normalized spacial score (nSPS) is 10.9. The van der Waals surface area contributed by atoms with Crippen LogP contribution in [0.25, 0.3) is 55.6 Å². The average molecular weight is 769 g/mol. The first-order valence-electron chi connectivity index (χ1n) is 14.9. The fraction of sp³-hybridized carbons (Fsp3) is 0.150. The molecule has 0 unspecified atom stereocenters. The zero-order valence-corrected chi connectivity index (χ0v) is 28.1. The summed E-state index contributed by atoms with van der Waals surface area (Å²) in [6, 6.07) is 37.1. The Morgan fingerprint density at radius 1 is 0.756 bits per heavy atom. The van der Waals surface area contributed by atoms with Gasteiger partial charge in [0, 0.05) is 37.9 Å². The average Bonchev–Trinajstić information content (AvgIpc) is 3.42. The summed E-state index contributed by atoms with van der Waals surface area (Å²) in [5.41, 5.74) is 9.88. The van der Waals surface area contributed by atoms with E-state index in [0.29, 0.717) is 22.6 Å². The second-order valence-corrected chi connectivity index (χ2v) is 11.5. The molecule has 0 N–H and O–H groups in total. The summed E-state index contributed by atoms with van der Waals surface area (Å²) in [5, 5.41) is 1.81. The molecule has 5 heteroatoms. The summed E-state index contributed by atoms with van der Waals surface area (Å²) in [6.07, 6.45) is 4.92. The van der Waals surface area contributed by atoms with Crippen LogP contribution in [-0.2, 0) is 26.5 Å². The van der Waals surface area contributed by atoms with Crippen molar-refractivity contribution in [2.75, 3.05) is 0 Å². The number of furan rings is 1. The Kier molecular flexibility index (Phi) is 10.0. The molecule has 0 amide bonds. The standard InChI is InChI=1S/C24H15FNO.C16H18N.Ir/c1-15-10-13-21(26-14-15)19-9-5-8-17-18-11-12-20(25)22(24(18)27-23(17)19)16-6-3-2-4-7-16;1-12(2)9-15-11-17-16(10-13(15)3)14-7-5-4-6-8-14;/h2-8,10-14H,1H3;4-7,10-12H,9H2,1-3H3;/q2*-1;. The van der Waals surface area contributed by atoms with Crippen LogP contribution in [0.15, 0.2) is 114 Å². The largest absolute Gasteiger partial charge is 0.500 e. The first kappa shape index (κ1) is 32.0. The summed E-state index contributed by atoms with van der Waals surface area (Å²) < 4.78 is 20.9. The Bertz CT molecular complexity index is 2040. The summed E-state index contributed by atoms with van der Waals surface area (Å²) in [6.45, 7) is 8.62. The Hall–Kier alpha value is -4.44. The van der Waals surface area contributed by atoms with Crippen LogP contribution in [0.4, 0.5) is 4.39 Å². The second-order valence-electron chi connectivity index (χ2n) is 11.5. The minimum Gasteiger partial charge on any atom is -0.500 e. The van der Waals surface area contributed by atoms with E-state index in [-0.39, 0.29) is 25.9 Å². The molecule has 4 aromatic carbocycles. The number of rotatable bonds is 5. The van der Waals surface area contributed by atoms with E-state index in [1.807, 2.05) is 98.2 Å². The van der Waals surface area contributed by atoms with Gasteiger partial charge in [-0.05, 0) is 66.4 Å². The SMILES string of the molecule is Cc1cc(-c2[c-]cccc2)ncc1CC(C)C.Cc1ccc(-c2[c-]ccc3c2oc2c(-c4ccccc4)c(F)ccc23)nc1.[Ir]. The van der Waals surface area contributed by atoms with Crippen LogP contribution in [0.5, 0.6) is 0 Å². The fourth-order valence-electron chi connectivity index (χ4n) is 5.40. The number of pyridine rings is 2. The quantitative estimate of drug-likeness (QED) is 0.164. The molecule has 227 valence electrons. The van der Waals surface area contributed by atoms with Crippen molar-refractivity contribution in [2.24, 2.45) is 5.92 Å². The fourth-order valence-corrected chi connectivity index (χ4v) is 5.40. The summed E-state index contributed by atoms with van der Waals surface area (Å²) in [4.78, 5) is 9.03. The molecule has 3 aromatic heterocycles. The van der Waals surface area contributed by atoms with E-state index in [1.54, 1.807) is 6.07 Å². The zero-order valence-electron chi connectivity index (χ0n) is 25.7. The molecule has 3 heterocycles. The number of hydrogen-bond acceptors (Lipinski definition) is 3. The Labute approximate surface area is 277 Å². The van der Waals surface area contributed by atoms with Crippen LogP contribution >= 0.6 is 0 Å². The van der Waals surface area contributed by atoms with E-state index < -0.39 is 0 Å². The first-order chi connectivity index (χ1) is 21.4. The molecule has 1 radical (unpaired) electrons. The number of nitrogens with zero attached hydrogens (tertiary/aromatic N) is 2. The summed E-state index contributed by atoms with van der Waals surface area (Å²) in [7, 11) is 0. The molecule has 0 atom stereocenters. The van der Waals surface area contributed by atoms with E-state index in [0.717, 1.165) is 50.8 Å². The molecule has 0 aliphatic heterocycles. The maximum atomic E-state index is 14.7. The van der Waals surface area contributed by atoms with Crippen molar-refractivity contribution in [1.29, 1.82) is 0 Å². The van der Waals surface area contributed by atoms with Gasteiger partial charge in [-0.1, -0.05) is 78.9 Å². The van der Waals surface area contributed by atoms with Gasteiger partial charge >= 0.3 is 0 Å². The number of aryl methyl sites for hydroxylation is 2. The van der Waals surface area contributed by atoms with Crippen molar-refractivity contribution in [2.45, 2.75) is 34.1 Å². The molecule has 0 aliphatic carbocycles. The van der Waals surface area contributed by atoms with Crippen molar-refractivity contribution in [3.8, 4) is 33.6 Å². The Morgan fingerprint density at radius 3 is 2.20 bits per heavy atom. The molecule has 7 rings (SSSR count). The van der Waals surface area contributed by atoms with Gasteiger partial charge < -0.3 is 14.4 Å². The predicted molar refractivity (Wildman–Crippen MR) is 178 cm³/mol. The van der Waals surface area contributed by atoms with E-state index in [9.17, 15) is 4.39 Å². The van der Waals surface area contributed by atoms with Crippen LogP contribution in [0, 0.1) is 37.7 Å². The maximum absolute atomic E-state index is 14.7. The van der Waals surface area contributed by atoms with Crippen LogP contribution in [0.3, 0.4) is 0 Å². The van der Waals surface area contributed by atoms with E-state index in [4.69, 9.17) is 4.42 Å². The zero-order chi connectivity index (χ0) is 30.6. The second kappa shape index (κ2) is 14.1. The van der Waals surface area contributed by atoms with Crippen molar-refractivity contribution in [3.05, 3.63) is 144 Å². The predicted octanol–water partition coefficient (Wildman–Crippen LogP) is 10.6. The van der Waals surface area contributed by atoms with Gasteiger partial charge in [0.1, 0.15) is 11.4 Å². The minimum absolute atomic E-state index is 0. The van der Waals surface area contributed by atoms with Gasteiger partial charge in [0.2, 0.25) is 0 Å². The van der Waals surface area contributed by atoms with Crippen LogP contribution in [0.1, 0.15) is 30.5 Å². The summed E-state index contributed by atoms with van der Waals surface area (Å²) in [5.74, 6) is 0.372. The van der Waals surface area contributed by atoms with E-state index in [2.05, 4.69) is 48.9 Å². The molecule has 0 fully saturated rings. The number of fused-ring (bicyclic) bond motifs is 3. The molecular weight excluding hydrogens is 736 g/mol. The van der Waals surface area contributed by atoms with Crippen molar-refractivity contribution >= 4 is 21.9 Å². The van der Waals surface area contributed by atoms with Crippen LogP contribution in [0.2, 0.25) is 0 Å². The third kappa shape index (κ3) is 6.96. The molecule has 0 saturated carbocycles.